The third kappa shape index (κ3) is 3.19. The lowest BCUT2D eigenvalue weighted by Crippen LogP contribution is -1.87. The van der Waals surface area contributed by atoms with Gasteiger partial charge in [-0.3, -0.25) is 0 Å². The molecule has 0 bridgehead atoms. The quantitative estimate of drug-likeness (QED) is 0.493. The van der Waals surface area contributed by atoms with Crippen molar-refractivity contribution >= 4 is 0 Å². The normalized spacial score (nSPS) is 10.8. The van der Waals surface area contributed by atoms with Gasteiger partial charge in [-0.1, -0.05) is 65.8 Å². The molecular weight excluding hydrogens is 315 g/mol. The second-order valence-corrected chi connectivity index (χ2v) is 5.71. The Morgan fingerprint density at radius 1 is 0.720 bits per heavy atom. The van der Waals surface area contributed by atoms with Gasteiger partial charge >= 0.3 is 0 Å². The lowest BCUT2D eigenvalue weighted by atomic mass is 10.00. The van der Waals surface area contributed by atoms with E-state index in [0.29, 0.717) is 22.8 Å². The molecule has 3 nitrogen and oxygen atoms in total. The van der Waals surface area contributed by atoms with Crippen LogP contribution in [0.15, 0.2) is 83.4 Å². The number of halogens is 1. The molecule has 0 fully saturated rings. The molecule has 4 aromatic rings. The minimum absolute atomic E-state index is 0.381. The summed E-state index contributed by atoms with van der Waals surface area (Å²) in [6.45, 7) is -0.548. The van der Waals surface area contributed by atoms with Crippen molar-refractivity contribution in [3.8, 4) is 34.0 Å². The molecule has 0 radical (unpaired) electrons. The van der Waals surface area contributed by atoms with Crippen LogP contribution in [0.5, 0.6) is 0 Å². The topological polar surface area (TPSA) is 38.9 Å². The lowest BCUT2D eigenvalue weighted by Gasteiger charge is -2.06. The van der Waals surface area contributed by atoms with Crippen LogP contribution in [0.4, 0.5) is 4.39 Å². The molecule has 0 aliphatic carbocycles. The van der Waals surface area contributed by atoms with E-state index in [1.54, 1.807) is 6.07 Å². The zero-order valence-corrected chi connectivity index (χ0v) is 13.4. The number of hydrogen-bond donors (Lipinski definition) is 0. The van der Waals surface area contributed by atoms with E-state index >= 15 is 0 Å². The third-order valence-electron chi connectivity index (χ3n) is 3.96. The summed E-state index contributed by atoms with van der Waals surface area (Å²) in [5, 5.41) is 4.04. The Balaban J connectivity index is 1.77. The van der Waals surface area contributed by atoms with Crippen LogP contribution in [0.2, 0.25) is 0 Å². The fourth-order valence-electron chi connectivity index (χ4n) is 2.74. The van der Waals surface area contributed by atoms with Gasteiger partial charge in [0.05, 0.1) is 0 Å². The van der Waals surface area contributed by atoms with E-state index in [9.17, 15) is 4.39 Å². The van der Waals surface area contributed by atoms with Gasteiger partial charge in [0.1, 0.15) is 6.67 Å². The molecule has 3 aromatic carbocycles. The summed E-state index contributed by atoms with van der Waals surface area (Å²) in [7, 11) is 0. The van der Waals surface area contributed by atoms with Crippen molar-refractivity contribution in [1.82, 2.24) is 10.1 Å². The molecule has 0 amide bonds. The summed E-state index contributed by atoms with van der Waals surface area (Å²) >= 11 is 0. The first-order valence-corrected chi connectivity index (χ1v) is 7.98. The molecule has 0 atom stereocenters. The number of aromatic nitrogens is 2. The molecule has 0 spiro atoms. The van der Waals surface area contributed by atoms with Crippen LogP contribution in [-0.2, 0) is 6.67 Å². The predicted octanol–water partition coefficient (Wildman–Crippen LogP) is 5.54. The highest BCUT2D eigenvalue weighted by Gasteiger charge is 2.13. The summed E-state index contributed by atoms with van der Waals surface area (Å²) in [6.07, 6.45) is 0. The molecule has 25 heavy (non-hydrogen) atoms. The van der Waals surface area contributed by atoms with Gasteiger partial charge in [0.25, 0.3) is 5.89 Å². The molecular formula is C21H15FN2O. The van der Waals surface area contributed by atoms with Crippen molar-refractivity contribution in [3.63, 3.8) is 0 Å². The van der Waals surface area contributed by atoms with Crippen molar-refractivity contribution in [3.05, 3.63) is 84.4 Å². The van der Waals surface area contributed by atoms with E-state index in [0.717, 1.165) is 16.7 Å². The maximum absolute atomic E-state index is 13.3. The van der Waals surface area contributed by atoms with Gasteiger partial charge in [-0.05, 0) is 34.9 Å². The van der Waals surface area contributed by atoms with Crippen molar-refractivity contribution < 1.29 is 8.91 Å². The monoisotopic (exact) mass is 330 g/mol. The van der Waals surface area contributed by atoms with Crippen LogP contribution >= 0.6 is 0 Å². The molecule has 1 heterocycles. The second-order valence-electron chi connectivity index (χ2n) is 5.71. The molecule has 0 N–H and O–H groups in total. The maximum Gasteiger partial charge on any atom is 0.258 e. The van der Waals surface area contributed by atoms with Gasteiger partial charge in [-0.15, -0.1) is 0 Å². The van der Waals surface area contributed by atoms with Crippen molar-refractivity contribution in [1.29, 1.82) is 0 Å². The first kappa shape index (κ1) is 15.3. The number of nitrogens with zero attached hydrogens (tertiary/aromatic N) is 2. The van der Waals surface area contributed by atoms with Crippen LogP contribution in [0.25, 0.3) is 34.0 Å². The number of benzene rings is 3. The van der Waals surface area contributed by atoms with E-state index in [2.05, 4.69) is 10.1 Å². The average Bonchev–Trinajstić information content (AvgIpc) is 3.19. The Morgan fingerprint density at radius 2 is 1.36 bits per heavy atom. The van der Waals surface area contributed by atoms with Gasteiger partial charge in [0, 0.05) is 11.1 Å². The summed E-state index contributed by atoms with van der Waals surface area (Å²) in [5.41, 5.74) is 4.11. The standard InChI is InChI=1S/C21H15FN2O/c22-14-15-11-18(16-7-3-1-4-8-16)13-19(12-15)21-23-20(24-25-21)17-9-5-2-6-10-17/h1-13H,14H2. The summed E-state index contributed by atoms with van der Waals surface area (Å²) in [4.78, 5) is 4.46. The van der Waals surface area contributed by atoms with Crippen LogP contribution in [0, 0.1) is 0 Å². The Morgan fingerprint density at radius 3 is 2.04 bits per heavy atom. The molecule has 0 aliphatic rings. The molecule has 0 saturated heterocycles. The third-order valence-corrected chi connectivity index (χ3v) is 3.96. The number of alkyl halides is 1. The van der Waals surface area contributed by atoms with E-state index in [4.69, 9.17) is 4.52 Å². The maximum atomic E-state index is 13.3. The highest BCUT2D eigenvalue weighted by atomic mass is 19.1. The fourth-order valence-corrected chi connectivity index (χ4v) is 2.74. The van der Waals surface area contributed by atoms with Gasteiger partial charge in [-0.25, -0.2) is 4.39 Å². The van der Waals surface area contributed by atoms with E-state index in [1.165, 1.54) is 0 Å². The zero-order valence-electron chi connectivity index (χ0n) is 13.4. The summed E-state index contributed by atoms with van der Waals surface area (Å²) < 4.78 is 18.7. The molecule has 1 aromatic heterocycles. The highest BCUT2D eigenvalue weighted by molar-refractivity contribution is 5.71. The van der Waals surface area contributed by atoms with Gasteiger partial charge in [0.2, 0.25) is 5.82 Å². The van der Waals surface area contributed by atoms with Crippen molar-refractivity contribution in [2.75, 3.05) is 0 Å². The SMILES string of the molecule is FCc1cc(-c2ccccc2)cc(-c2nc(-c3ccccc3)no2)c1. The molecule has 4 heteroatoms. The largest absolute Gasteiger partial charge is 0.334 e. The minimum atomic E-state index is -0.548. The van der Waals surface area contributed by atoms with Crippen LogP contribution in [0.3, 0.4) is 0 Å². The Hall–Kier alpha value is -3.27. The van der Waals surface area contributed by atoms with Crippen LogP contribution < -0.4 is 0 Å². The first-order chi connectivity index (χ1) is 12.3. The van der Waals surface area contributed by atoms with Gasteiger partial charge in [-0.2, -0.15) is 4.98 Å². The second kappa shape index (κ2) is 6.69. The minimum Gasteiger partial charge on any atom is -0.334 e. The first-order valence-electron chi connectivity index (χ1n) is 7.98. The number of hydrogen-bond acceptors (Lipinski definition) is 3. The van der Waals surface area contributed by atoms with Crippen LogP contribution in [0.1, 0.15) is 5.56 Å². The molecule has 0 unspecified atom stereocenters. The fraction of sp³-hybridized carbons (Fsp3) is 0.0476. The van der Waals surface area contributed by atoms with E-state index < -0.39 is 6.67 Å². The molecule has 122 valence electrons. The smallest absolute Gasteiger partial charge is 0.258 e. The van der Waals surface area contributed by atoms with Gasteiger partial charge < -0.3 is 4.52 Å². The summed E-state index contributed by atoms with van der Waals surface area (Å²) in [5.74, 6) is 0.897. The highest BCUT2D eigenvalue weighted by Crippen LogP contribution is 2.29. The summed E-state index contributed by atoms with van der Waals surface area (Å²) in [6, 6.07) is 25.0. The van der Waals surface area contributed by atoms with Gasteiger partial charge in [0.15, 0.2) is 0 Å². The van der Waals surface area contributed by atoms with E-state index in [-0.39, 0.29) is 0 Å². The predicted molar refractivity (Wildman–Crippen MR) is 95.4 cm³/mol. The average molecular weight is 330 g/mol. The molecule has 4 rings (SSSR count). The molecule has 0 aliphatic heterocycles. The number of rotatable bonds is 4. The molecule has 0 saturated carbocycles. The van der Waals surface area contributed by atoms with Crippen molar-refractivity contribution in [2.24, 2.45) is 0 Å². The Bertz CT molecular complexity index is 981. The Kier molecular flexibility index (Phi) is 4.09. The Labute approximate surface area is 144 Å². The van der Waals surface area contributed by atoms with E-state index in [1.807, 2.05) is 72.8 Å². The zero-order chi connectivity index (χ0) is 17.1. The lowest BCUT2D eigenvalue weighted by molar-refractivity contribution is 0.432. The van der Waals surface area contributed by atoms with Crippen molar-refractivity contribution in [2.45, 2.75) is 6.67 Å². The van der Waals surface area contributed by atoms with Crippen LogP contribution in [-0.4, -0.2) is 10.1 Å².